The summed E-state index contributed by atoms with van der Waals surface area (Å²) >= 11 is 0. The molecule has 0 fully saturated rings. The number of halogens is 1. The first-order valence-electron chi connectivity index (χ1n) is 4.66. The van der Waals surface area contributed by atoms with E-state index in [1.165, 1.54) is 12.1 Å². The number of rotatable bonds is 2. The fourth-order valence-electron chi connectivity index (χ4n) is 1.29. The second-order valence-electron chi connectivity index (χ2n) is 3.27. The van der Waals surface area contributed by atoms with Crippen LogP contribution in [-0.2, 0) is 0 Å². The van der Waals surface area contributed by atoms with E-state index in [1.807, 2.05) is 13.0 Å². The first kappa shape index (κ1) is 9.71. The second kappa shape index (κ2) is 4.13. The molecule has 2 heteroatoms. The van der Waals surface area contributed by atoms with Crippen molar-refractivity contribution >= 4 is 0 Å². The van der Waals surface area contributed by atoms with Gasteiger partial charge in [0.15, 0.2) is 0 Å². The first-order chi connectivity index (χ1) is 7.24. The molecule has 15 heavy (non-hydrogen) atoms. The summed E-state index contributed by atoms with van der Waals surface area (Å²) in [6.45, 7) is 1.93. The van der Waals surface area contributed by atoms with Crippen LogP contribution >= 0.6 is 0 Å². The summed E-state index contributed by atoms with van der Waals surface area (Å²) in [4.78, 5) is 0. The van der Waals surface area contributed by atoms with Gasteiger partial charge >= 0.3 is 0 Å². The Balaban J connectivity index is 2.22. The Labute approximate surface area is 88.1 Å². The van der Waals surface area contributed by atoms with E-state index in [4.69, 9.17) is 4.74 Å². The number of benzene rings is 2. The Kier molecular flexibility index (Phi) is 2.68. The summed E-state index contributed by atoms with van der Waals surface area (Å²) in [5, 5.41) is 0. The van der Waals surface area contributed by atoms with Crippen LogP contribution in [0.1, 0.15) is 5.56 Å². The molecule has 75 valence electrons. The summed E-state index contributed by atoms with van der Waals surface area (Å²) in [6.07, 6.45) is 0. The van der Waals surface area contributed by atoms with Gasteiger partial charge in [0.2, 0.25) is 0 Å². The standard InChI is InChI=1S/C13H10FO/c1-10-4-2-6-12(8-10)15-13-7-3-5-11(14)9-13/h2-3,5-9H,1H3. The average Bonchev–Trinajstić information content (AvgIpc) is 2.17. The minimum absolute atomic E-state index is 0.299. The third-order valence-electron chi connectivity index (χ3n) is 1.95. The van der Waals surface area contributed by atoms with E-state index in [2.05, 4.69) is 6.07 Å². The third kappa shape index (κ3) is 2.56. The van der Waals surface area contributed by atoms with Gasteiger partial charge in [-0.25, -0.2) is 4.39 Å². The highest BCUT2D eigenvalue weighted by molar-refractivity contribution is 5.33. The van der Waals surface area contributed by atoms with Crippen LogP contribution in [-0.4, -0.2) is 0 Å². The fraction of sp³-hybridized carbons (Fsp3) is 0.0769. The summed E-state index contributed by atoms with van der Waals surface area (Å²) in [5.41, 5.74) is 0.990. The van der Waals surface area contributed by atoms with Crippen molar-refractivity contribution in [3.8, 4) is 11.5 Å². The second-order valence-corrected chi connectivity index (χ2v) is 3.27. The van der Waals surface area contributed by atoms with Gasteiger partial charge in [-0.3, -0.25) is 0 Å². The lowest BCUT2D eigenvalue weighted by Gasteiger charge is -2.05. The molecule has 0 unspecified atom stereocenters. The molecule has 0 aliphatic carbocycles. The predicted molar refractivity (Wildman–Crippen MR) is 56.5 cm³/mol. The molecule has 2 rings (SSSR count). The van der Waals surface area contributed by atoms with E-state index < -0.39 is 0 Å². The monoisotopic (exact) mass is 201 g/mol. The molecule has 0 spiro atoms. The highest BCUT2D eigenvalue weighted by atomic mass is 19.1. The van der Waals surface area contributed by atoms with Crippen molar-refractivity contribution in [2.24, 2.45) is 0 Å². The SMILES string of the molecule is Cc1[c]ccc(Oc2cccc(F)c2)c1. The topological polar surface area (TPSA) is 9.23 Å². The van der Waals surface area contributed by atoms with E-state index in [9.17, 15) is 4.39 Å². The molecule has 0 aliphatic heterocycles. The van der Waals surface area contributed by atoms with Crippen LogP contribution in [0, 0.1) is 18.8 Å². The van der Waals surface area contributed by atoms with Gasteiger partial charge in [0.1, 0.15) is 17.3 Å². The zero-order chi connectivity index (χ0) is 10.7. The average molecular weight is 201 g/mol. The third-order valence-corrected chi connectivity index (χ3v) is 1.95. The molecule has 0 atom stereocenters. The minimum atomic E-state index is -0.299. The van der Waals surface area contributed by atoms with Gasteiger partial charge in [0.05, 0.1) is 0 Å². The molecule has 0 aliphatic rings. The molecule has 2 aromatic carbocycles. The highest BCUT2D eigenvalue weighted by Gasteiger charge is 1.98. The van der Waals surface area contributed by atoms with Gasteiger partial charge < -0.3 is 4.74 Å². The fourth-order valence-corrected chi connectivity index (χ4v) is 1.29. The Hall–Kier alpha value is -1.83. The molecule has 0 amide bonds. The summed E-state index contributed by atoms with van der Waals surface area (Å²) in [5.74, 6) is 0.893. The van der Waals surface area contributed by atoms with Gasteiger partial charge in [-0.1, -0.05) is 12.1 Å². The van der Waals surface area contributed by atoms with Crippen LogP contribution in [0.15, 0.2) is 42.5 Å². The molecule has 0 heterocycles. The molecule has 1 radical (unpaired) electrons. The van der Waals surface area contributed by atoms with Crippen LogP contribution in [0.5, 0.6) is 11.5 Å². The molecular formula is C13H10FO. The van der Waals surface area contributed by atoms with E-state index in [-0.39, 0.29) is 5.82 Å². The lowest BCUT2D eigenvalue weighted by Crippen LogP contribution is -1.85. The number of aryl methyl sites for hydroxylation is 1. The van der Waals surface area contributed by atoms with E-state index in [1.54, 1.807) is 24.3 Å². The molecular weight excluding hydrogens is 191 g/mol. The molecule has 0 saturated carbocycles. The maximum atomic E-state index is 12.9. The largest absolute Gasteiger partial charge is 0.457 e. The number of hydrogen-bond donors (Lipinski definition) is 0. The Bertz CT molecular complexity index is 422. The van der Waals surface area contributed by atoms with Gasteiger partial charge in [0, 0.05) is 6.07 Å². The molecule has 0 aromatic heterocycles. The van der Waals surface area contributed by atoms with Crippen molar-refractivity contribution in [1.82, 2.24) is 0 Å². The van der Waals surface area contributed by atoms with Crippen molar-refractivity contribution in [3.05, 3.63) is 59.9 Å². The molecule has 0 bridgehead atoms. The minimum Gasteiger partial charge on any atom is -0.457 e. The molecule has 1 nitrogen and oxygen atoms in total. The quantitative estimate of drug-likeness (QED) is 0.719. The van der Waals surface area contributed by atoms with Crippen LogP contribution in [0.4, 0.5) is 4.39 Å². The van der Waals surface area contributed by atoms with E-state index in [0.29, 0.717) is 11.5 Å². The van der Waals surface area contributed by atoms with Crippen LogP contribution < -0.4 is 4.74 Å². The summed E-state index contributed by atoms with van der Waals surface area (Å²) in [6, 6.07) is 14.5. The molecule has 2 aromatic rings. The maximum Gasteiger partial charge on any atom is 0.130 e. The Morgan fingerprint density at radius 1 is 1.13 bits per heavy atom. The lowest BCUT2D eigenvalue weighted by atomic mass is 10.2. The zero-order valence-corrected chi connectivity index (χ0v) is 8.33. The van der Waals surface area contributed by atoms with Crippen LogP contribution in [0.25, 0.3) is 0 Å². The smallest absolute Gasteiger partial charge is 0.130 e. The van der Waals surface area contributed by atoms with Gasteiger partial charge in [-0.05, 0) is 42.8 Å². The Morgan fingerprint density at radius 3 is 2.67 bits per heavy atom. The van der Waals surface area contributed by atoms with Crippen LogP contribution in [0.3, 0.4) is 0 Å². The number of ether oxygens (including phenoxy) is 1. The van der Waals surface area contributed by atoms with Gasteiger partial charge in [0.25, 0.3) is 0 Å². The highest BCUT2D eigenvalue weighted by Crippen LogP contribution is 2.22. The number of hydrogen-bond acceptors (Lipinski definition) is 1. The van der Waals surface area contributed by atoms with Crippen molar-refractivity contribution < 1.29 is 9.13 Å². The van der Waals surface area contributed by atoms with Crippen molar-refractivity contribution in [3.63, 3.8) is 0 Å². The summed E-state index contributed by atoms with van der Waals surface area (Å²) < 4.78 is 18.3. The van der Waals surface area contributed by atoms with Gasteiger partial charge in [-0.15, -0.1) is 0 Å². The lowest BCUT2D eigenvalue weighted by molar-refractivity contribution is 0.476. The van der Waals surface area contributed by atoms with E-state index in [0.717, 1.165) is 5.56 Å². The maximum absolute atomic E-state index is 12.9. The van der Waals surface area contributed by atoms with Crippen LogP contribution in [0.2, 0.25) is 0 Å². The predicted octanol–water partition coefficient (Wildman–Crippen LogP) is 3.73. The zero-order valence-electron chi connectivity index (χ0n) is 8.33. The Morgan fingerprint density at radius 2 is 1.93 bits per heavy atom. The van der Waals surface area contributed by atoms with Crippen molar-refractivity contribution in [2.45, 2.75) is 6.92 Å². The van der Waals surface area contributed by atoms with Crippen molar-refractivity contribution in [2.75, 3.05) is 0 Å². The first-order valence-corrected chi connectivity index (χ1v) is 4.66. The van der Waals surface area contributed by atoms with Crippen molar-refractivity contribution in [1.29, 1.82) is 0 Å². The van der Waals surface area contributed by atoms with Gasteiger partial charge in [-0.2, -0.15) is 0 Å². The molecule has 0 saturated heterocycles. The normalized spacial score (nSPS) is 10.0. The summed E-state index contributed by atoms with van der Waals surface area (Å²) in [7, 11) is 0. The molecule has 0 N–H and O–H groups in total. The van der Waals surface area contributed by atoms with E-state index >= 15 is 0 Å².